The molecule has 2 rings (SSSR count). The maximum Gasteiger partial charge on any atom is 0.313 e. The molecule has 8 heteroatoms. The van der Waals surface area contributed by atoms with Crippen LogP contribution in [0.2, 0.25) is 0 Å². The van der Waals surface area contributed by atoms with E-state index in [2.05, 4.69) is 9.97 Å². The summed E-state index contributed by atoms with van der Waals surface area (Å²) < 4.78 is 5.09. The number of aliphatic carboxylic acids is 1. The number of rotatable bonds is 6. The lowest BCUT2D eigenvalue weighted by molar-refractivity contribution is -0.158. The maximum absolute atomic E-state index is 12.5. The van der Waals surface area contributed by atoms with E-state index in [9.17, 15) is 14.7 Å². The molecule has 24 heavy (non-hydrogen) atoms. The molecular formula is C16H23N3O4S. The van der Waals surface area contributed by atoms with E-state index in [-0.39, 0.29) is 24.8 Å². The van der Waals surface area contributed by atoms with Gasteiger partial charge in [0.25, 0.3) is 0 Å². The lowest BCUT2D eigenvalue weighted by atomic mass is 9.80. The van der Waals surface area contributed by atoms with E-state index < -0.39 is 11.4 Å². The number of aryl methyl sites for hydroxylation is 2. The van der Waals surface area contributed by atoms with Gasteiger partial charge >= 0.3 is 5.97 Å². The van der Waals surface area contributed by atoms with E-state index in [1.807, 2.05) is 19.9 Å². The van der Waals surface area contributed by atoms with Crippen molar-refractivity contribution >= 4 is 23.6 Å². The van der Waals surface area contributed by atoms with E-state index in [0.717, 1.165) is 11.4 Å². The van der Waals surface area contributed by atoms with E-state index in [0.29, 0.717) is 24.5 Å². The molecule has 0 spiro atoms. The molecule has 1 aliphatic heterocycles. The average molecular weight is 353 g/mol. The first-order valence-corrected chi connectivity index (χ1v) is 8.80. The summed E-state index contributed by atoms with van der Waals surface area (Å²) in [6, 6.07) is 1.88. The summed E-state index contributed by atoms with van der Waals surface area (Å²) >= 11 is 1.28. The Morgan fingerprint density at radius 1 is 1.38 bits per heavy atom. The van der Waals surface area contributed by atoms with Crippen LogP contribution in [-0.4, -0.2) is 64.4 Å². The molecule has 132 valence electrons. The Bertz CT molecular complexity index is 601. The normalized spacial score (nSPS) is 20.9. The van der Waals surface area contributed by atoms with E-state index in [1.165, 1.54) is 18.9 Å². The first kappa shape index (κ1) is 18.7. The summed E-state index contributed by atoms with van der Waals surface area (Å²) in [5.74, 6) is -0.803. The van der Waals surface area contributed by atoms with Crippen molar-refractivity contribution in [1.82, 2.24) is 14.9 Å². The Balaban J connectivity index is 2.00. The van der Waals surface area contributed by atoms with E-state index >= 15 is 0 Å². The number of hydrogen-bond acceptors (Lipinski definition) is 6. The Kier molecular flexibility index (Phi) is 6.17. The average Bonchev–Trinajstić information content (AvgIpc) is 2.52. The third-order valence-corrected chi connectivity index (χ3v) is 4.92. The second kappa shape index (κ2) is 7.94. The van der Waals surface area contributed by atoms with Crippen LogP contribution in [0.25, 0.3) is 0 Å². The van der Waals surface area contributed by atoms with Crippen LogP contribution in [-0.2, 0) is 14.3 Å². The minimum Gasteiger partial charge on any atom is -0.481 e. The van der Waals surface area contributed by atoms with Crippen molar-refractivity contribution in [3.8, 4) is 0 Å². The van der Waals surface area contributed by atoms with Gasteiger partial charge in [-0.1, -0.05) is 11.8 Å². The highest BCUT2D eigenvalue weighted by molar-refractivity contribution is 7.99. The number of nitrogens with zero attached hydrogens (tertiary/aromatic N) is 3. The standard InChI is InChI=1S/C16H23N3O4S/c1-11-7-12(2)18-15(17-11)24-8-13(20)19-6-4-5-16(9-19,10-23-3)14(21)22/h7H,4-6,8-10H2,1-3H3,(H,21,22). The van der Waals surface area contributed by atoms with Crippen LogP contribution in [0.15, 0.2) is 11.2 Å². The lowest BCUT2D eigenvalue weighted by Gasteiger charge is -2.39. The molecule has 0 aliphatic carbocycles. The summed E-state index contributed by atoms with van der Waals surface area (Å²) in [6.07, 6.45) is 1.18. The van der Waals surface area contributed by atoms with Gasteiger partial charge in [-0.2, -0.15) is 0 Å². The number of piperidine rings is 1. The fourth-order valence-electron chi connectivity index (χ4n) is 2.95. The highest BCUT2D eigenvalue weighted by Crippen LogP contribution is 2.31. The Morgan fingerprint density at radius 3 is 2.62 bits per heavy atom. The lowest BCUT2D eigenvalue weighted by Crippen LogP contribution is -2.52. The van der Waals surface area contributed by atoms with Crippen LogP contribution in [0.1, 0.15) is 24.2 Å². The zero-order valence-electron chi connectivity index (χ0n) is 14.2. The predicted octanol–water partition coefficient (Wildman–Crippen LogP) is 1.53. The van der Waals surface area contributed by atoms with Gasteiger partial charge in [-0.25, -0.2) is 9.97 Å². The minimum atomic E-state index is -1.01. The number of hydrogen-bond donors (Lipinski definition) is 1. The van der Waals surface area contributed by atoms with Crippen molar-refractivity contribution in [2.24, 2.45) is 5.41 Å². The van der Waals surface area contributed by atoms with Gasteiger partial charge in [0.05, 0.1) is 12.4 Å². The molecule has 0 bridgehead atoms. The van der Waals surface area contributed by atoms with Crippen molar-refractivity contribution < 1.29 is 19.4 Å². The molecule has 1 aromatic heterocycles. The van der Waals surface area contributed by atoms with Gasteiger partial charge in [0.1, 0.15) is 5.41 Å². The second-order valence-electron chi connectivity index (χ2n) is 6.16. The van der Waals surface area contributed by atoms with Crippen LogP contribution in [0.5, 0.6) is 0 Å². The maximum atomic E-state index is 12.5. The topological polar surface area (TPSA) is 92.6 Å². The van der Waals surface area contributed by atoms with Crippen LogP contribution in [0, 0.1) is 19.3 Å². The number of carboxylic acids is 1. The summed E-state index contributed by atoms with van der Waals surface area (Å²) in [5.41, 5.74) is 0.713. The molecule has 7 nitrogen and oxygen atoms in total. The monoisotopic (exact) mass is 353 g/mol. The number of carbonyl (C=O) groups excluding carboxylic acids is 1. The first-order valence-electron chi connectivity index (χ1n) is 7.81. The molecule has 1 saturated heterocycles. The molecule has 0 radical (unpaired) electrons. The van der Waals surface area contributed by atoms with E-state index in [4.69, 9.17) is 4.74 Å². The fourth-order valence-corrected chi connectivity index (χ4v) is 3.80. The quantitative estimate of drug-likeness (QED) is 0.612. The Labute approximate surface area is 145 Å². The predicted molar refractivity (Wildman–Crippen MR) is 90.0 cm³/mol. The molecule has 1 aromatic rings. The zero-order valence-corrected chi connectivity index (χ0v) is 15.1. The highest BCUT2D eigenvalue weighted by atomic mass is 32.2. The number of likely N-dealkylation sites (tertiary alicyclic amines) is 1. The van der Waals surface area contributed by atoms with Gasteiger partial charge in [-0.15, -0.1) is 0 Å². The number of methoxy groups -OCH3 is 1. The molecule has 1 N–H and O–H groups in total. The smallest absolute Gasteiger partial charge is 0.313 e. The van der Waals surface area contributed by atoms with Gasteiger partial charge in [-0.3, -0.25) is 9.59 Å². The summed E-state index contributed by atoms with van der Waals surface area (Å²) in [6.45, 7) is 4.64. The van der Waals surface area contributed by atoms with E-state index in [1.54, 1.807) is 4.90 Å². The number of thioether (sulfide) groups is 1. The number of carboxylic acid groups (broad SMARTS) is 1. The van der Waals surface area contributed by atoms with Gasteiger partial charge in [0.2, 0.25) is 5.91 Å². The van der Waals surface area contributed by atoms with Crippen molar-refractivity contribution in [1.29, 1.82) is 0 Å². The van der Waals surface area contributed by atoms with Gasteiger partial charge in [0, 0.05) is 31.6 Å². The number of carbonyl (C=O) groups is 2. The first-order chi connectivity index (χ1) is 11.4. The molecule has 1 amide bonds. The SMILES string of the molecule is COCC1(C(=O)O)CCCN(C(=O)CSc2nc(C)cc(C)n2)C1. The van der Waals surface area contributed by atoms with Gasteiger partial charge < -0.3 is 14.7 Å². The summed E-state index contributed by atoms with van der Waals surface area (Å²) in [4.78, 5) is 34.3. The molecule has 1 fully saturated rings. The Hall–Kier alpha value is -1.67. The fraction of sp³-hybridized carbons (Fsp3) is 0.625. The Morgan fingerprint density at radius 2 is 2.04 bits per heavy atom. The molecule has 2 heterocycles. The van der Waals surface area contributed by atoms with Crippen LogP contribution < -0.4 is 0 Å². The molecule has 0 aromatic carbocycles. The summed E-state index contributed by atoms with van der Waals surface area (Å²) in [7, 11) is 1.48. The highest BCUT2D eigenvalue weighted by Gasteiger charge is 2.43. The van der Waals surface area contributed by atoms with Crippen molar-refractivity contribution in [2.45, 2.75) is 31.8 Å². The molecule has 1 atom stereocenters. The molecular weight excluding hydrogens is 330 g/mol. The van der Waals surface area contributed by atoms with Gasteiger partial charge in [0.15, 0.2) is 5.16 Å². The van der Waals surface area contributed by atoms with Gasteiger partial charge in [-0.05, 0) is 32.8 Å². The zero-order chi connectivity index (χ0) is 17.7. The minimum absolute atomic E-state index is 0.0933. The van der Waals surface area contributed by atoms with Crippen LogP contribution in [0.4, 0.5) is 0 Å². The molecule has 0 saturated carbocycles. The third-order valence-electron chi connectivity index (χ3n) is 4.09. The largest absolute Gasteiger partial charge is 0.481 e. The number of amides is 1. The van der Waals surface area contributed by atoms with Crippen LogP contribution >= 0.6 is 11.8 Å². The summed E-state index contributed by atoms with van der Waals surface area (Å²) in [5, 5.41) is 10.1. The number of ether oxygens (including phenoxy) is 1. The molecule has 1 unspecified atom stereocenters. The van der Waals surface area contributed by atoms with Crippen molar-refractivity contribution in [3.63, 3.8) is 0 Å². The van der Waals surface area contributed by atoms with Crippen molar-refractivity contribution in [3.05, 3.63) is 17.5 Å². The third kappa shape index (κ3) is 4.45. The number of aromatic nitrogens is 2. The van der Waals surface area contributed by atoms with Crippen molar-refractivity contribution in [2.75, 3.05) is 32.6 Å². The molecule has 1 aliphatic rings. The van der Waals surface area contributed by atoms with Crippen LogP contribution in [0.3, 0.4) is 0 Å². The second-order valence-corrected chi connectivity index (χ2v) is 7.10.